The van der Waals surface area contributed by atoms with Crippen LogP contribution in [0.15, 0.2) is 29.3 Å². The number of aromatic nitrogens is 2. The Kier molecular flexibility index (Phi) is 6.39. The van der Waals surface area contributed by atoms with Gasteiger partial charge < -0.3 is 9.84 Å². The van der Waals surface area contributed by atoms with Crippen LogP contribution in [0.1, 0.15) is 18.9 Å². The number of carbonyl (C=O) groups excluding carboxylic acids is 1. The summed E-state index contributed by atoms with van der Waals surface area (Å²) < 4.78 is 28.3. The van der Waals surface area contributed by atoms with Crippen LogP contribution in [0.3, 0.4) is 0 Å². The van der Waals surface area contributed by atoms with Crippen LogP contribution in [-0.2, 0) is 25.9 Å². The van der Waals surface area contributed by atoms with Gasteiger partial charge in [-0.2, -0.15) is 0 Å². The Morgan fingerprint density at radius 2 is 2.09 bits per heavy atom. The van der Waals surface area contributed by atoms with E-state index in [9.17, 15) is 23.1 Å². The molecule has 0 spiro atoms. The summed E-state index contributed by atoms with van der Waals surface area (Å²) in [5, 5.41) is 19.0. The van der Waals surface area contributed by atoms with E-state index in [2.05, 4.69) is 28.7 Å². The second-order valence-electron chi connectivity index (χ2n) is 7.69. The molecule has 1 aliphatic heterocycles. The van der Waals surface area contributed by atoms with Crippen LogP contribution in [0.4, 0.5) is 0 Å². The van der Waals surface area contributed by atoms with Gasteiger partial charge in [0.2, 0.25) is 0 Å². The number of nitrogens with zero attached hydrogens (tertiary/aromatic N) is 2. The topological polar surface area (TPSA) is 148 Å². The zero-order chi connectivity index (χ0) is 23.6. The van der Waals surface area contributed by atoms with E-state index in [0.29, 0.717) is 11.1 Å². The first kappa shape index (κ1) is 23.4. The van der Waals surface area contributed by atoms with Crippen molar-refractivity contribution >= 4 is 26.6 Å². The molecule has 2 heterocycles. The van der Waals surface area contributed by atoms with Crippen LogP contribution in [0.5, 0.6) is 0 Å². The lowest BCUT2D eigenvalue weighted by Crippen LogP contribution is -2.50. The molecule has 1 atom stereocenters. The number of benzene rings is 1. The molecule has 0 aliphatic carbocycles. The number of hydrogen-bond acceptors (Lipinski definition) is 8. The third-order valence-corrected chi connectivity index (χ3v) is 7.33. The molecule has 1 aliphatic rings. The normalized spacial score (nSPS) is 16.5. The van der Waals surface area contributed by atoms with E-state index in [1.54, 1.807) is 18.2 Å². The summed E-state index contributed by atoms with van der Waals surface area (Å²) in [7, 11) is -3.88. The van der Waals surface area contributed by atoms with E-state index in [-0.39, 0.29) is 31.6 Å². The quantitative estimate of drug-likeness (QED) is 0.299. The van der Waals surface area contributed by atoms with Gasteiger partial charge in [-0.15, -0.1) is 0 Å². The summed E-state index contributed by atoms with van der Waals surface area (Å²) in [5.74, 6) is 9.56. The Hall–Kier alpha value is -3.22. The van der Waals surface area contributed by atoms with Crippen molar-refractivity contribution in [3.05, 3.63) is 40.4 Å². The minimum atomic E-state index is -3.88. The number of ether oxygens (including phenoxy) is 1. The van der Waals surface area contributed by atoms with Gasteiger partial charge in [-0.05, 0) is 49.3 Å². The molecule has 1 fully saturated rings. The molecular formula is C21H21N3O7S. The van der Waals surface area contributed by atoms with Gasteiger partial charge >= 0.3 is 0 Å². The molecule has 11 heteroatoms. The molecule has 1 unspecified atom stereocenters. The van der Waals surface area contributed by atoms with Gasteiger partial charge in [0.1, 0.15) is 0 Å². The standard InChI is InChI=1S/C21H21N3O7S/c1-20(19(26)23-28,32(2,29)30)9-10-24-14-22-17-11-15(6-7-16(17)18(24)25)5-3-4-8-21(27)12-31-13-21/h6-7,11,14,27-28H,9-10,12-13H2,1-2H3,(H,23,26). The minimum Gasteiger partial charge on any atom is -0.373 e. The fourth-order valence-electron chi connectivity index (χ4n) is 2.93. The van der Waals surface area contributed by atoms with Crippen molar-refractivity contribution in [2.24, 2.45) is 0 Å². The van der Waals surface area contributed by atoms with Gasteiger partial charge in [-0.25, -0.2) is 18.9 Å². The van der Waals surface area contributed by atoms with Crippen LogP contribution in [0.25, 0.3) is 10.9 Å². The van der Waals surface area contributed by atoms with Crippen molar-refractivity contribution in [3.63, 3.8) is 0 Å². The number of nitrogens with one attached hydrogen (secondary N) is 1. The van der Waals surface area contributed by atoms with Crippen molar-refractivity contribution in [2.75, 3.05) is 19.5 Å². The maximum Gasteiger partial charge on any atom is 0.264 e. The van der Waals surface area contributed by atoms with E-state index in [4.69, 9.17) is 9.94 Å². The lowest BCUT2D eigenvalue weighted by molar-refractivity contribution is -0.140. The second-order valence-corrected chi connectivity index (χ2v) is 10.1. The predicted molar refractivity (Wildman–Crippen MR) is 114 cm³/mol. The molecule has 1 aromatic carbocycles. The fourth-order valence-corrected chi connectivity index (χ4v) is 3.78. The minimum absolute atomic E-state index is 0.109. The third-order valence-electron chi connectivity index (χ3n) is 5.30. The summed E-state index contributed by atoms with van der Waals surface area (Å²) in [6.45, 7) is 1.38. The Labute approximate surface area is 184 Å². The summed E-state index contributed by atoms with van der Waals surface area (Å²) >= 11 is 0. The first-order valence-electron chi connectivity index (χ1n) is 9.46. The second kappa shape index (κ2) is 8.73. The van der Waals surface area contributed by atoms with E-state index >= 15 is 0 Å². The van der Waals surface area contributed by atoms with Crippen LogP contribution >= 0.6 is 0 Å². The number of aryl methyl sites for hydroxylation is 1. The number of aliphatic hydroxyl groups is 1. The van der Waals surface area contributed by atoms with Gasteiger partial charge in [-0.1, -0.05) is 5.92 Å². The third kappa shape index (κ3) is 4.66. The van der Waals surface area contributed by atoms with Gasteiger partial charge in [0, 0.05) is 18.4 Å². The molecule has 1 amide bonds. The molecule has 0 bridgehead atoms. The Balaban J connectivity index is 1.83. The van der Waals surface area contributed by atoms with Crippen LogP contribution in [-0.4, -0.2) is 64.0 Å². The molecule has 3 rings (SSSR count). The largest absolute Gasteiger partial charge is 0.373 e. The number of amides is 1. The van der Waals surface area contributed by atoms with Crippen molar-refractivity contribution in [3.8, 4) is 23.7 Å². The Morgan fingerprint density at radius 1 is 1.38 bits per heavy atom. The molecule has 2 aromatic rings. The molecule has 32 heavy (non-hydrogen) atoms. The maximum absolute atomic E-state index is 12.8. The highest BCUT2D eigenvalue weighted by Gasteiger charge is 2.43. The first-order chi connectivity index (χ1) is 15.0. The molecule has 1 aromatic heterocycles. The number of carbonyl (C=O) groups is 1. The van der Waals surface area contributed by atoms with E-state index in [0.717, 1.165) is 6.26 Å². The first-order valence-corrected chi connectivity index (χ1v) is 11.3. The molecule has 3 N–H and O–H groups in total. The monoisotopic (exact) mass is 459 g/mol. The van der Waals surface area contributed by atoms with Gasteiger partial charge in [0.05, 0.1) is 30.4 Å². The number of rotatable bonds is 5. The highest BCUT2D eigenvalue weighted by molar-refractivity contribution is 7.92. The smallest absolute Gasteiger partial charge is 0.264 e. The fraction of sp³-hybridized carbons (Fsp3) is 0.381. The SMILES string of the molecule is CC(CCn1cnc2cc(C#CC#CC3(O)COC3)ccc2c1=O)(C(=O)NO)S(C)(=O)=O. The average Bonchev–Trinajstić information content (AvgIpc) is 2.73. The molecule has 0 radical (unpaired) electrons. The maximum atomic E-state index is 12.8. The molecule has 1 saturated heterocycles. The lowest BCUT2D eigenvalue weighted by atomic mass is 10.0. The van der Waals surface area contributed by atoms with Crippen LogP contribution in [0, 0.1) is 23.7 Å². The van der Waals surface area contributed by atoms with E-state index in [1.165, 1.54) is 23.3 Å². The van der Waals surface area contributed by atoms with Crippen molar-refractivity contribution < 1.29 is 28.3 Å². The predicted octanol–water partition coefficient (Wildman–Crippen LogP) is -0.788. The van der Waals surface area contributed by atoms with E-state index < -0.39 is 31.7 Å². The highest BCUT2D eigenvalue weighted by atomic mass is 32.2. The van der Waals surface area contributed by atoms with E-state index in [1.807, 2.05) is 0 Å². The van der Waals surface area contributed by atoms with Crippen molar-refractivity contribution in [1.82, 2.24) is 15.0 Å². The summed E-state index contributed by atoms with van der Waals surface area (Å²) in [6.07, 6.45) is 1.90. The molecule has 10 nitrogen and oxygen atoms in total. The zero-order valence-electron chi connectivity index (χ0n) is 17.4. The summed E-state index contributed by atoms with van der Waals surface area (Å²) in [4.78, 5) is 28.9. The summed E-state index contributed by atoms with van der Waals surface area (Å²) in [6, 6.07) is 4.77. The number of hydroxylamine groups is 1. The van der Waals surface area contributed by atoms with Crippen molar-refractivity contribution in [1.29, 1.82) is 0 Å². The van der Waals surface area contributed by atoms with Crippen LogP contribution < -0.4 is 11.0 Å². The number of hydrogen-bond donors (Lipinski definition) is 3. The Morgan fingerprint density at radius 3 is 2.69 bits per heavy atom. The Bertz CT molecular complexity index is 1350. The highest BCUT2D eigenvalue weighted by Crippen LogP contribution is 2.22. The number of sulfone groups is 1. The van der Waals surface area contributed by atoms with Crippen molar-refractivity contribution in [2.45, 2.75) is 30.2 Å². The average molecular weight is 459 g/mol. The zero-order valence-corrected chi connectivity index (χ0v) is 18.2. The van der Waals surface area contributed by atoms with Crippen LogP contribution in [0.2, 0.25) is 0 Å². The van der Waals surface area contributed by atoms with Gasteiger partial charge in [0.15, 0.2) is 20.2 Å². The summed E-state index contributed by atoms with van der Waals surface area (Å²) in [5.41, 5.74) is 0.765. The lowest BCUT2D eigenvalue weighted by Gasteiger charge is -2.30. The van der Waals surface area contributed by atoms with Gasteiger partial charge in [0.25, 0.3) is 11.5 Å². The molecule has 0 saturated carbocycles. The molecule has 168 valence electrons. The van der Waals surface area contributed by atoms with Gasteiger partial charge in [-0.3, -0.25) is 19.4 Å². The molecular weight excluding hydrogens is 438 g/mol. The number of fused-ring (bicyclic) bond motifs is 1.